The fraction of sp³-hybridized carbons (Fsp3) is 0.476. The lowest BCUT2D eigenvalue weighted by Gasteiger charge is -2.29. The summed E-state index contributed by atoms with van der Waals surface area (Å²) >= 11 is 0. The van der Waals surface area contributed by atoms with E-state index in [9.17, 15) is 0 Å². The largest absolute Gasteiger partial charge is 0.367 e. The monoisotopic (exact) mass is 362 g/mol. The number of pyridine rings is 1. The van der Waals surface area contributed by atoms with E-state index in [0.29, 0.717) is 12.1 Å². The Hall–Kier alpha value is -2.47. The molecule has 5 rings (SSSR count). The van der Waals surface area contributed by atoms with Gasteiger partial charge in [0.05, 0.1) is 29.5 Å². The van der Waals surface area contributed by atoms with Gasteiger partial charge in [0, 0.05) is 23.7 Å². The Morgan fingerprint density at radius 2 is 2.11 bits per heavy atom. The van der Waals surface area contributed by atoms with Gasteiger partial charge in [-0.05, 0) is 51.3 Å². The van der Waals surface area contributed by atoms with E-state index >= 15 is 0 Å². The molecule has 27 heavy (non-hydrogen) atoms. The zero-order valence-electron chi connectivity index (χ0n) is 15.9. The first-order valence-electron chi connectivity index (χ1n) is 9.92. The molecule has 0 aromatic carbocycles. The molecule has 2 unspecified atom stereocenters. The summed E-state index contributed by atoms with van der Waals surface area (Å²) in [6.45, 7) is 5.57. The van der Waals surface area contributed by atoms with Crippen molar-refractivity contribution < 1.29 is 0 Å². The lowest BCUT2D eigenvalue weighted by atomic mass is 10.0. The maximum Gasteiger partial charge on any atom is 0.155 e. The van der Waals surface area contributed by atoms with Gasteiger partial charge in [0.1, 0.15) is 5.82 Å². The number of nitrogens with zero attached hydrogens (tertiary/aromatic N) is 4. The molecule has 140 valence electrons. The van der Waals surface area contributed by atoms with Crippen molar-refractivity contribution in [2.24, 2.45) is 0 Å². The van der Waals surface area contributed by atoms with Crippen LogP contribution < -0.4 is 10.6 Å². The van der Waals surface area contributed by atoms with Crippen LogP contribution in [0.4, 0.5) is 5.82 Å². The Morgan fingerprint density at radius 3 is 2.93 bits per heavy atom. The van der Waals surface area contributed by atoms with Crippen LogP contribution in [0.15, 0.2) is 36.8 Å². The van der Waals surface area contributed by atoms with Crippen molar-refractivity contribution in [2.45, 2.75) is 57.0 Å². The second kappa shape index (κ2) is 6.30. The van der Waals surface area contributed by atoms with E-state index < -0.39 is 0 Å². The van der Waals surface area contributed by atoms with Gasteiger partial charge >= 0.3 is 0 Å². The normalized spacial score (nSPS) is 24.1. The molecule has 1 aliphatic heterocycles. The predicted octanol–water partition coefficient (Wildman–Crippen LogP) is 3.40. The summed E-state index contributed by atoms with van der Waals surface area (Å²) in [6.07, 6.45) is 10.6. The van der Waals surface area contributed by atoms with Crippen molar-refractivity contribution >= 4 is 11.5 Å². The van der Waals surface area contributed by atoms with E-state index in [1.807, 2.05) is 12.4 Å². The molecular weight excluding hydrogens is 336 g/mol. The molecule has 0 spiro atoms. The first-order valence-corrected chi connectivity index (χ1v) is 9.92. The number of fused-ring (bicyclic) bond motifs is 1. The minimum atomic E-state index is 0.234. The minimum absolute atomic E-state index is 0.234. The third-order valence-corrected chi connectivity index (χ3v) is 6.00. The highest BCUT2D eigenvalue weighted by atomic mass is 15.1. The van der Waals surface area contributed by atoms with E-state index in [1.54, 1.807) is 0 Å². The Balaban J connectivity index is 1.46. The topological polar surface area (TPSA) is 67.1 Å². The van der Waals surface area contributed by atoms with Gasteiger partial charge in [-0.2, -0.15) is 0 Å². The molecule has 0 bridgehead atoms. The second-order valence-electron chi connectivity index (χ2n) is 8.33. The quantitative estimate of drug-likeness (QED) is 0.745. The minimum Gasteiger partial charge on any atom is -0.367 e. The zero-order chi connectivity index (χ0) is 18.4. The summed E-state index contributed by atoms with van der Waals surface area (Å²) in [6, 6.07) is 7.19. The van der Waals surface area contributed by atoms with E-state index in [0.717, 1.165) is 47.9 Å². The average molecular weight is 362 g/mol. The highest BCUT2D eigenvalue weighted by Gasteiger charge is 2.40. The number of anilines is 1. The Bertz CT molecular complexity index is 974. The zero-order valence-corrected chi connectivity index (χ0v) is 15.9. The van der Waals surface area contributed by atoms with Gasteiger partial charge in [-0.15, -0.1) is 0 Å². The standard InChI is InChI=1S/C21H26N6/c1-14-10-15(6-9-22-14)25-19-5-3-4-16(26-19)17-11-24-20-12-23-18(13-27(17)20)21(2)7-8-21/h3-5,11-15,22H,6-10H2,1-2H3,(H,25,26). The van der Waals surface area contributed by atoms with Gasteiger partial charge in [0.15, 0.2) is 5.65 Å². The SMILES string of the molecule is CC1CC(Nc2cccc(-c3cnc4cnc(C5(C)CC5)cn34)n2)CCN1. The third-order valence-electron chi connectivity index (χ3n) is 6.00. The van der Waals surface area contributed by atoms with Crippen molar-refractivity contribution in [3.05, 3.63) is 42.5 Å². The maximum atomic E-state index is 4.88. The average Bonchev–Trinajstić information content (AvgIpc) is 3.28. The fourth-order valence-corrected chi connectivity index (χ4v) is 3.96. The van der Waals surface area contributed by atoms with Gasteiger partial charge in [-0.25, -0.2) is 9.97 Å². The number of piperidine rings is 1. The second-order valence-corrected chi connectivity index (χ2v) is 8.33. The van der Waals surface area contributed by atoms with Gasteiger partial charge in [0.2, 0.25) is 0 Å². The number of nitrogens with one attached hydrogen (secondary N) is 2. The molecule has 1 saturated heterocycles. The van der Waals surface area contributed by atoms with Gasteiger partial charge in [-0.3, -0.25) is 9.38 Å². The molecule has 2 N–H and O–H groups in total. The fourth-order valence-electron chi connectivity index (χ4n) is 3.96. The van der Waals surface area contributed by atoms with Crippen molar-refractivity contribution in [3.8, 4) is 11.4 Å². The van der Waals surface area contributed by atoms with E-state index in [-0.39, 0.29) is 5.41 Å². The maximum absolute atomic E-state index is 4.88. The molecule has 2 fully saturated rings. The molecule has 3 aromatic rings. The van der Waals surface area contributed by atoms with Gasteiger partial charge < -0.3 is 10.6 Å². The Morgan fingerprint density at radius 1 is 1.22 bits per heavy atom. The third kappa shape index (κ3) is 3.18. The van der Waals surface area contributed by atoms with Crippen LogP contribution in [0.1, 0.15) is 45.2 Å². The first-order chi connectivity index (χ1) is 13.1. The van der Waals surface area contributed by atoms with Crippen LogP contribution in [0.3, 0.4) is 0 Å². The summed E-state index contributed by atoms with van der Waals surface area (Å²) in [5, 5.41) is 7.11. The van der Waals surface area contributed by atoms with E-state index in [2.05, 4.69) is 63.2 Å². The summed E-state index contributed by atoms with van der Waals surface area (Å²) in [4.78, 5) is 14.0. The number of aromatic nitrogens is 4. The molecule has 2 aliphatic rings. The van der Waals surface area contributed by atoms with Crippen molar-refractivity contribution in [1.82, 2.24) is 24.7 Å². The van der Waals surface area contributed by atoms with Gasteiger partial charge in [0.25, 0.3) is 0 Å². The van der Waals surface area contributed by atoms with Crippen LogP contribution in [-0.4, -0.2) is 38.0 Å². The molecule has 1 aliphatic carbocycles. The van der Waals surface area contributed by atoms with Gasteiger partial charge in [-0.1, -0.05) is 13.0 Å². The van der Waals surface area contributed by atoms with Crippen LogP contribution in [0.2, 0.25) is 0 Å². The van der Waals surface area contributed by atoms with Crippen LogP contribution in [0, 0.1) is 0 Å². The van der Waals surface area contributed by atoms with Crippen LogP contribution >= 0.6 is 0 Å². The summed E-state index contributed by atoms with van der Waals surface area (Å²) in [5.74, 6) is 0.935. The molecule has 1 saturated carbocycles. The van der Waals surface area contributed by atoms with Crippen LogP contribution in [0.25, 0.3) is 17.0 Å². The molecule has 3 aromatic heterocycles. The lowest BCUT2D eigenvalue weighted by Crippen LogP contribution is -2.41. The number of hydrogen-bond donors (Lipinski definition) is 2. The van der Waals surface area contributed by atoms with Crippen molar-refractivity contribution in [3.63, 3.8) is 0 Å². The molecule has 6 nitrogen and oxygen atoms in total. The summed E-state index contributed by atoms with van der Waals surface area (Å²) < 4.78 is 2.13. The summed E-state index contributed by atoms with van der Waals surface area (Å²) in [7, 11) is 0. The Labute approximate surface area is 159 Å². The molecule has 4 heterocycles. The molecule has 0 radical (unpaired) electrons. The lowest BCUT2D eigenvalue weighted by molar-refractivity contribution is 0.396. The molecule has 2 atom stereocenters. The van der Waals surface area contributed by atoms with Crippen LogP contribution in [-0.2, 0) is 5.41 Å². The van der Waals surface area contributed by atoms with Crippen LogP contribution in [0.5, 0.6) is 0 Å². The smallest absolute Gasteiger partial charge is 0.155 e. The number of rotatable bonds is 4. The van der Waals surface area contributed by atoms with E-state index in [4.69, 9.17) is 4.98 Å². The highest BCUT2D eigenvalue weighted by Crippen LogP contribution is 2.46. The highest BCUT2D eigenvalue weighted by molar-refractivity contribution is 5.61. The van der Waals surface area contributed by atoms with Crippen molar-refractivity contribution in [1.29, 1.82) is 0 Å². The number of imidazole rings is 1. The number of hydrogen-bond acceptors (Lipinski definition) is 5. The first kappa shape index (κ1) is 16.7. The molecular formula is C21H26N6. The van der Waals surface area contributed by atoms with E-state index in [1.165, 1.54) is 12.8 Å². The predicted molar refractivity (Wildman–Crippen MR) is 107 cm³/mol. The Kier molecular flexibility index (Phi) is 3.90. The van der Waals surface area contributed by atoms with Crippen molar-refractivity contribution in [2.75, 3.05) is 11.9 Å². The molecule has 0 amide bonds. The summed E-state index contributed by atoms with van der Waals surface area (Å²) in [5.41, 5.74) is 4.20. The molecule has 6 heteroatoms.